The number of hydrogen-bond donors (Lipinski definition) is 1. The highest BCUT2D eigenvalue weighted by Gasteiger charge is 2.40. The fourth-order valence-corrected chi connectivity index (χ4v) is 4.85. The topological polar surface area (TPSA) is 49.0 Å². The number of likely N-dealkylation sites (tertiary alicyclic amines) is 1. The number of rotatable bonds is 5. The minimum Gasteiger partial charge on any atom is -0.307 e. The van der Waals surface area contributed by atoms with Crippen LogP contribution in [-0.2, 0) is 13.0 Å². The summed E-state index contributed by atoms with van der Waals surface area (Å²) >= 11 is 0. The summed E-state index contributed by atoms with van der Waals surface area (Å²) in [5, 5.41) is 0. The first kappa shape index (κ1) is 17.5. The molecule has 26 heavy (non-hydrogen) atoms. The number of nitrogens with zero attached hydrogens (tertiary/aromatic N) is 2. The summed E-state index contributed by atoms with van der Waals surface area (Å²) in [5.41, 5.74) is 3.74. The van der Waals surface area contributed by atoms with Crippen molar-refractivity contribution in [1.82, 2.24) is 14.9 Å². The van der Waals surface area contributed by atoms with Gasteiger partial charge in [0.2, 0.25) is 0 Å². The van der Waals surface area contributed by atoms with E-state index in [2.05, 4.69) is 35.0 Å². The van der Waals surface area contributed by atoms with Gasteiger partial charge in [0.25, 0.3) is 5.56 Å². The summed E-state index contributed by atoms with van der Waals surface area (Å²) in [6, 6.07) is 10.0. The van der Waals surface area contributed by atoms with E-state index in [-0.39, 0.29) is 5.56 Å². The zero-order valence-corrected chi connectivity index (χ0v) is 15.8. The molecule has 4 nitrogen and oxygen atoms in total. The Balaban J connectivity index is 1.59. The molecule has 1 spiro atoms. The van der Waals surface area contributed by atoms with Crippen LogP contribution in [0.1, 0.15) is 56.7 Å². The summed E-state index contributed by atoms with van der Waals surface area (Å²) < 4.78 is 0. The molecule has 1 saturated heterocycles. The summed E-state index contributed by atoms with van der Waals surface area (Å²) in [7, 11) is 0. The van der Waals surface area contributed by atoms with Crippen molar-refractivity contribution in [3.63, 3.8) is 0 Å². The minimum atomic E-state index is -0.0562. The molecule has 0 amide bonds. The third-order valence-electron chi connectivity index (χ3n) is 6.15. The molecule has 2 heterocycles. The van der Waals surface area contributed by atoms with E-state index >= 15 is 0 Å². The first-order chi connectivity index (χ1) is 12.7. The number of nitrogens with one attached hydrogen (secondary N) is 1. The Morgan fingerprint density at radius 3 is 2.81 bits per heavy atom. The van der Waals surface area contributed by atoms with E-state index in [9.17, 15) is 4.79 Å². The summed E-state index contributed by atoms with van der Waals surface area (Å²) in [6.07, 6.45) is 8.79. The van der Waals surface area contributed by atoms with Gasteiger partial charge >= 0.3 is 0 Å². The number of aryl methyl sites for hydroxylation is 1. The van der Waals surface area contributed by atoms with Crippen LogP contribution in [0, 0.1) is 5.41 Å². The molecule has 0 bridgehead atoms. The average Bonchev–Trinajstić information content (AvgIpc) is 3.25. The molecular weight excluding hydrogens is 322 g/mol. The molecule has 4 heteroatoms. The van der Waals surface area contributed by atoms with Crippen molar-refractivity contribution >= 4 is 0 Å². The lowest BCUT2D eigenvalue weighted by molar-refractivity contribution is 0.256. The van der Waals surface area contributed by atoms with Crippen LogP contribution in [0.5, 0.6) is 0 Å². The van der Waals surface area contributed by atoms with Gasteiger partial charge in [-0.1, -0.05) is 50.5 Å². The van der Waals surface area contributed by atoms with Gasteiger partial charge in [-0.3, -0.25) is 9.69 Å². The van der Waals surface area contributed by atoms with Crippen LogP contribution in [-0.4, -0.2) is 28.0 Å². The predicted octanol–water partition coefficient (Wildman–Crippen LogP) is 4.16. The Hall–Kier alpha value is -1.94. The molecule has 2 fully saturated rings. The van der Waals surface area contributed by atoms with Crippen molar-refractivity contribution in [3.05, 3.63) is 51.9 Å². The quantitative estimate of drug-likeness (QED) is 0.880. The van der Waals surface area contributed by atoms with E-state index in [1.54, 1.807) is 6.07 Å². The molecule has 4 rings (SSSR count). The number of H-pyrrole nitrogens is 1. The highest BCUT2D eigenvalue weighted by Crippen LogP contribution is 2.45. The van der Waals surface area contributed by atoms with Crippen LogP contribution in [0.25, 0.3) is 11.4 Å². The maximum absolute atomic E-state index is 12.1. The normalized spacial score (nSPS) is 19.4. The summed E-state index contributed by atoms with van der Waals surface area (Å²) in [5.74, 6) is 0.714. The molecule has 2 aromatic rings. The van der Waals surface area contributed by atoms with Crippen molar-refractivity contribution in [2.45, 2.75) is 58.4 Å². The van der Waals surface area contributed by atoms with Crippen LogP contribution in [0.4, 0.5) is 0 Å². The number of aromatic amines is 1. The highest BCUT2D eigenvalue weighted by atomic mass is 16.1. The van der Waals surface area contributed by atoms with Gasteiger partial charge < -0.3 is 4.98 Å². The van der Waals surface area contributed by atoms with E-state index < -0.39 is 0 Å². The molecule has 1 aromatic heterocycles. The van der Waals surface area contributed by atoms with Gasteiger partial charge in [0.05, 0.1) is 0 Å². The van der Waals surface area contributed by atoms with Gasteiger partial charge in [0, 0.05) is 30.4 Å². The number of aromatic nitrogens is 2. The van der Waals surface area contributed by atoms with Gasteiger partial charge in [-0.25, -0.2) is 4.98 Å². The summed E-state index contributed by atoms with van der Waals surface area (Å²) in [6.45, 7) is 5.47. The van der Waals surface area contributed by atoms with E-state index in [1.165, 1.54) is 50.8 Å². The van der Waals surface area contributed by atoms with Gasteiger partial charge in [-0.05, 0) is 43.2 Å². The highest BCUT2D eigenvalue weighted by molar-refractivity contribution is 5.60. The molecule has 1 aromatic carbocycles. The monoisotopic (exact) mass is 351 g/mol. The van der Waals surface area contributed by atoms with Gasteiger partial charge in [0.15, 0.2) is 0 Å². The number of benzene rings is 1. The predicted molar refractivity (Wildman–Crippen MR) is 105 cm³/mol. The molecule has 2 aliphatic rings. The van der Waals surface area contributed by atoms with E-state index in [0.29, 0.717) is 11.2 Å². The smallest absolute Gasteiger partial charge is 0.251 e. The van der Waals surface area contributed by atoms with Crippen LogP contribution in [0.2, 0.25) is 0 Å². The molecule has 1 N–H and O–H groups in total. The second kappa shape index (κ2) is 7.36. The third-order valence-corrected chi connectivity index (χ3v) is 6.15. The van der Waals surface area contributed by atoms with Gasteiger partial charge in [-0.2, -0.15) is 0 Å². The van der Waals surface area contributed by atoms with Crippen molar-refractivity contribution in [2.75, 3.05) is 13.1 Å². The SMILES string of the molecule is CCCc1cc(=O)[nH]c(-c2ccccc2CN2CCC3(CCCC3)C2)n1. The zero-order chi connectivity index (χ0) is 18.0. The van der Waals surface area contributed by atoms with E-state index in [1.807, 2.05) is 6.07 Å². The van der Waals surface area contributed by atoms with E-state index in [4.69, 9.17) is 4.98 Å². The molecule has 1 aliphatic heterocycles. The Labute approximate surface area is 155 Å². The first-order valence-electron chi connectivity index (χ1n) is 10.1. The second-order valence-electron chi connectivity index (χ2n) is 8.16. The zero-order valence-electron chi connectivity index (χ0n) is 15.8. The van der Waals surface area contributed by atoms with Gasteiger partial charge in [-0.15, -0.1) is 0 Å². The van der Waals surface area contributed by atoms with E-state index in [0.717, 1.165) is 30.6 Å². The molecule has 0 radical (unpaired) electrons. The maximum Gasteiger partial charge on any atom is 0.251 e. The number of hydrogen-bond acceptors (Lipinski definition) is 3. The minimum absolute atomic E-state index is 0.0562. The second-order valence-corrected chi connectivity index (χ2v) is 8.16. The van der Waals surface area contributed by atoms with Gasteiger partial charge in [0.1, 0.15) is 5.82 Å². The fourth-order valence-electron chi connectivity index (χ4n) is 4.85. The summed E-state index contributed by atoms with van der Waals surface area (Å²) in [4.78, 5) is 22.4. The Morgan fingerprint density at radius 2 is 2.00 bits per heavy atom. The molecule has 1 saturated carbocycles. The maximum atomic E-state index is 12.1. The third kappa shape index (κ3) is 3.61. The van der Waals surface area contributed by atoms with Crippen LogP contribution < -0.4 is 5.56 Å². The Bertz CT molecular complexity index is 820. The van der Waals surface area contributed by atoms with Crippen molar-refractivity contribution in [3.8, 4) is 11.4 Å². The lowest BCUT2D eigenvalue weighted by atomic mass is 9.86. The van der Waals surface area contributed by atoms with Crippen molar-refractivity contribution in [2.24, 2.45) is 5.41 Å². The van der Waals surface area contributed by atoms with Crippen LogP contribution in [0.15, 0.2) is 35.1 Å². The molecule has 0 atom stereocenters. The largest absolute Gasteiger partial charge is 0.307 e. The van der Waals surface area contributed by atoms with Crippen LogP contribution >= 0.6 is 0 Å². The molecule has 1 aliphatic carbocycles. The van der Waals surface area contributed by atoms with Crippen molar-refractivity contribution < 1.29 is 0 Å². The fraction of sp³-hybridized carbons (Fsp3) is 0.545. The Morgan fingerprint density at radius 1 is 1.19 bits per heavy atom. The lowest BCUT2D eigenvalue weighted by Crippen LogP contribution is -2.25. The van der Waals surface area contributed by atoms with Crippen molar-refractivity contribution in [1.29, 1.82) is 0 Å². The molecular formula is C22H29N3O. The lowest BCUT2D eigenvalue weighted by Gasteiger charge is -2.24. The first-order valence-corrected chi connectivity index (χ1v) is 10.1. The standard InChI is InChI=1S/C22H29N3O/c1-2-7-18-14-20(26)24-21(23-18)19-9-4-3-8-17(19)15-25-13-12-22(16-25)10-5-6-11-22/h3-4,8-9,14H,2,5-7,10-13,15-16H2,1H3,(H,23,24,26). The average molecular weight is 351 g/mol. The molecule has 138 valence electrons. The Kier molecular flexibility index (Phi) is 4.94. The molecule has 0 unspecified atom stereocenters. The van der Waals surface area contributed by atoms with Crippen LogP contribution in [0.3, 0.4) is 0 Å².